The first-order valence-corrected chi connectivity index (χ1v) is 5.51. The normalized spacial score (nSPS) is 36.2. The third kappa shape index (κ3) is 3.72. The molecule has 0 aliphatic heterocycles. The van der Waals surface area contributed by atoms with E-state index in [9.17, 15) is 9.67 Å². The number of phosphoric acid groups is 1. The fraction of sp³-hybridized carbons (Fsp3) is 1.00. The maximum atomic E-state index is 10.4. The van der Waals surface area contributed by atoms with Crippen LogP contribution in [0.1, 0.15) is 19.3 Å². The third-order valence-electron chi connectivity index (χ3n) is 2.00. The fourth-order valence-electron chi connectivity index (χ4n) is 1.40. The van der Waals surface area contributed by atoms with E-state index in [4.69, 9.17) is 14.9 Å². The van der Waals surface area contributed by atoms with Crippen LogP contribution < -0.4 is 0 Å². The van der Waals surface area contributed by atoms with Crippen LogP contribution in [0, 0.1) is 0 Å². The average Bonchev–Trinajstić information content (AvgIpc) is 1.93. The van der Waals surface area contributed by atoms with E-state index in [1.54, 1.807) is 0 Å². The van der Waals surface area contributed by atoms with Crippen LogP contribution in [0.5, 0.6) is 0 Å². The molecule has 78 valence electrons. The molecule has 0 aromatic carbocycles. The second-order valence-corrected chi connectivity index (χ2v) is 4.36. The van der Waals surface area contributed by atoms with Gasteiger partial charge >= 0.3 is 7.82 Å². The molecule has 0 aromatic rings. The van der Waals surface area contributed by atoms with Gasteiger partial charge in [-0.15, -0.1) is 0 Å². The molecule has 13 heavy (non-hydrogen) atoms. The van der Waals surface area contributed by atoms with Crippen LogP contribution >= 0.6 is 7.82 Å². The molecule has 1 fully saturated rings. The van der Waals surface area contributed by atoms with Crippen molar-refractivity contribution in [2.75, 3.05) is 0 Å². The van der Waals surface area contributed by atoms with Crippen molar-refractivity contribution >= 4 is 7.82 Å². The molecule has 0 bridgehead atoms. The Hall–Kier alpha value is 0.0300. The molecule has 4 N–H and O–H groups in total. The maximum absolute atomic E-state index is 10.4. The summed E-state index contributed by atoms with van der Waals surface area (Å²) in [6, 6.07) is 0. The Morgan fingerprint density at radius 2 is 1.85 bits per heavy atom. The highest BCUT2D eigenvalue weighted by atomic mass is 31.2. The van der Waals surface area contributed by atoms with Gasteiger partial charge in [-0.2, -0.15) is 0 Å². The van der Waals surface area contributed by atoms with E-state index >= 15 is 0 Å². The van der Waals surface area contributed by atoms with Gasteiger partial charge in [0.25, 0.3) is 0 Å². The van der Waals surface area contributed by atoms with Crippen LogP contribution in [0.15, 0.2) is 0 Å². The molecular formula is C6H13O6P. The predicted molar refractivity (Wildman–Crippen MR) is 42.8 cm³/mol. The van der Waals surface area contributed by atoms with E-state index in [0.29, 0.717) is 6.42 Å². The Morgan fingerprint density at radius 3 is 2.31 bits per heavy atom. The van der Waals surface area contributed by atoms with Gasteiger partial charge in [-0.25, -0.2) is 4.57 Å². The largest absolute Gasteiger partial charge is 0.469 e. The van der Waals surface area contributed by atoms with Gasteiger partial charge in [0.05, 0.1) is 18.3 Å². The van der Waals surface area contributed by atoms with Gasteiger partial charge in [0.2, 0.25) is 0 Å². The van der Waals surface area contributed by atoms with Gasteiger partial charge in [-0.3, -0.25) is 4.52 Å². The van der Waals surface area contributed by atoms with Crippen molar-refractivity contribution in [3.63, 3.8) is 0 Å². The lowest BCUT2D eigenvalue weighted by atomic mass is 9.93. The predicted octanol–water partition coefficient (Wildman–Crippen LogP) is -0.630. The van der Waals surface area contributed by atoms with Crippen molar-refractivity contribution in [2.45, 2.75) is 37.6 Å². The van der Waals surface area contributed by atoms with Gasteiger partial charge in [0, 0.05) is 6.42 Å². The first-order chi connectivity index (χ1) is 5.88. The molecule has 1 aliphatic rings. The zero-order valence-corrected chi connectivity index (χ0v) is 7.80. The molecule has 3 atom stereocenters. The summed E-state index contributed by atoms with van der Waals surface area (Å²) < 4.78 is 14.8. The van der Waals surface area contributed by atoms with E-state index in [1.165, 1.54) is 0 Å². The lowest BCUT2D eigenvalue weighted by Gasteiger charge is -2.30. The highest BCUT2D eigenvalue weighted by Crippen LogP contribution is 2.40. The van der Waals surface area contributed by atoms with Gasteiger partial charge in [0.1, 0.15) is 0 Å². The molecule has 0 aromatic heterocycles. The number of aliphatic hydroxyl groups is 2. The number of phosphoric ester groups is 1. The van der Waals surface area contributed by atoms with E-state index in [2.05, 4.69) is 4.52 Å². The molecule has 7 heteroatoms. The van der Waals surface area contributed by atoms with E-state index < -0.39 is 26.1 Å². The summed E-state index contributed by atoms with van der Waals surface area (Å²) in [6.45, 7) is 0. The highest BCUT2D eigenvalue weighted by molar-refractivity contribution is 7.46. The van der Waals surface area contributed by atoms with E-state index in [0.717, 1.165) is 0 Å². The molecule has 0 radical (unpaired) electrons. The lowest BCUT2D eigenvalue weighted by Crippen LogP contribution is -2.37. The summed E-state index contributed by atoms with van der Waals surface area (Å²) in [6.07, 6.45) is -1.73. The van der Waals surface area contributed by atoms with Crippen molar-refractivity contribution in [2.24, 2.45) is 0 Å². The van der Waals surface area contributed by atoms with Gasteiger partial charge in [-0.1, -0.05) is 0 Å². The van der Waals surface area contributed by atoms with Crippen molar-refractivity contribution < 1.29 is 29.1 Å². The monoisotopic (exact) mass is 212 g/mol. The molecule has 0 heterocycles. The van der Waals surface area contributed by atoms with Gasteiger partial charge < -0.3 is 20.0 Å². The van der Waals surface area contributed by atoms with Crippen LogP contribution in [0.3, 0.4) is 0 Å². The van der Waals surface area contributed by atoms with E-state index in [-0.39, 0.29) is 12.8 Å². The summed E-state index contributed by atoms with van der Waals surface area (Å²) in [7, 11) is -4.53. The second kappa shape index (κ2) is 4.04. The van der Waals surface area contributed by atoms with Crippen LogP contribution in [0.4, 0.5) is 0 Å². The average molecular weight is 212 g/mol. The zero-order valence-electron chi connectivity index (χ0n) is 6.91. The summed E-state index contributed by atoms with van der Waals surface area (Å²) in [5.41, 5.74) is 0. The summed E-state index contributed by atoms with van der Waals surface area (Å²) in [5.74, 6) is 0. The smallest absolute Gasteiger partial charge is 0.393 e. The number of rotatable bonds is 2. The minimum absolute atomic E-state index is 0.102. The molecule has 1 aliphatic carbocycles. The van der Waals surface area contributed by atoms with Crippen molar-refractivity contribution in [3.8, 4) is 0 Å². The SMILES string of the molecule is O=P(O)(O)O[C@H]1CC[C@H](O)C[C@H]1O. The Labute approximate surface area is 75.4 Å². The van der Waals surface area contributed by atoms with Crippen LogP contribution in [-0.4, -0.2) is 38.3 Å². The first kappa shape index (κ1) is 11.1. The molecular weight excluding hydrogens is 199 g/mol. The summed E-state index contributed by atoms with van der Waals surface area (Å²) >= 11 is 0. The minimum atomic E-state index is -4.53. The number of aliphatic hydroxyl groups excluding tert-OH is 2. The summed E-state index contributed by atoms with van der Waals surface area (Å²) in [4.78, 5) is 16.9. The first-order valence-electron chi connectivity index (χ1n) is 3.98. The van der Waals surface area contributed by atoms with Gasteiger partial charge in [-0.05, 0) is 12.8 Å². The quantitative estimate of drug-likeness (QED) is 0.454. The molecule has 1 saturated carbocycles. The van der Waals surface area contributed by atoms with Crippen LogP contribution in [0.25, 0.3) is 0 Å². The van der Waals surface area contributed by atoms with Crippen LogP contribution in [-0.2, 0) is 9.09 Å². The minimum Gasteiger partial charge on any atom is -0.393 e. The maximum Gasteiger partial charge on any atom is 0.469 e. The zero-order chi connectivity index (χ0) is 10.1. The molecule has 0 spiro atoms. The molecule has 0 amide bonds. The summed E-state index contributed by atoms with van der Waals surface area (Å²) in [5, 5.41) is 18.4. The molecule has 6 nitrogen and oxygen atoms in total. The Morgan fingerprint density at radius 1 is 1.23 bits per heavy atom. The molecule has 1 rings (SSSR count). The fourth-order valence-corrected chi connectivity index (χ4v) is 2.00. The molecule has 0 saturated heterocycles. The Balaban J connectivity index is 2.47. The second-order valence-electron chi connectivity index (χ2n) is 3.17. The lowest BCUT2D eigenvalue weighted by molar-refractivity contribution is -0.0475. The topological polar surface area (TPSA) is 107 Å². The third-order valence-corrected chi connectivity index (χ3v) is 2.55. The Kier molecular flexibility index (Phi) is 3.45. The number of hydrogen-bond acceptors (Lipinski definition) is 4. The van der Waals surface area contributed by atoms with Crippen molar-refractivity contribution in [1.29, 1.82) is 0 Å². The van der Waals surface area contributed by atoms with Gasteiger partial charge in [0.15, 0.2) is 0 Å². The molecule has 0 unspecified atom stereocenters. The van der Waals surface area contributed by atoms with E-state index in [1.807, 2.05) is 0 Å². The number of hydrogen-bond donors (Lipinski definition) is 4. The van der Waals surface area contributed by atoms with Crippen LogP contribution in [0.2, 0.25) is 0 Å². The standard InChI is InChI=1S/C6H13O6P/c7-4-1-2-6(5(8)3-4)12-13(9,10)11/h4-8H,1-3H2,(H2,9,10,11)/t4-,5+,6-/m0/s1. The Bertz CT molecular complexity index is 213. The highest BCUT2D eigenvalue weighted by Gasteiger charge is 2.33. The van der Waals surface area contributed by atoms with Crippen molar-refractivity contribution in [3.05, 3.63) is 0 Å². The van der Waals surface area contributed by atoms with Crippen molar-refractivity contribution in [1.82, 2.24) is 0 Å².